The lowest BCUT2D eigenvalue weighted by molar-refractivity contribution is -0.109. The first-order valence-corrected chi connectivity index (χ1v) is 3.93. The maximum Gasteiger partial charge on any atom is 0.387 e. The Morgan fingerprint density at radius 2 is 2.29 bits per heavy atom. The number of amides is 1. The molecule has 0 aromatic heterocycles. The molecule has 5 heteroatoms. The number of carbonyl (C=O) groups is 1. The minimum atomic E-state index is -2.83. The normalized spacial score (nSPS) is 9.93. The van der Waals surface area contributed by atoms with Crippen LogP contribution in [0.1, 0.15) is 5.56 Å². The summed E-state index contributed by atoms with van der Waals surface area (Å²) in [6.45, 7) is -2.53. The van der Waals surface area contributed by atoms with Crippen molar-refractivity contribution >= 4 is 6.41 Å². The van der Waals surface area contributed by atoms with Gasteiger partial charge in [-0.2, -0.15) is 8.78 Å². The number of halogens is 2. The molecule has 0 aliphatic rings. The highest BCUT2D eigenvalue weighted by Crippen LogP contribution is 2.15. The predicted molar refractivity (Wildman–Crippen MR) is 46.0 cm³/mol. The van der Waals surface area contributed by atoms with Gasteiger partial charge >= 0.3 is 6.61 Å². The van der Waals surface area contributed by atoms with Crippen LogP contribution in [-0.2, 0) is 11.3 Å². The first kappa shape index (κ1) is 10.4. The zero-order valence-corrected chi connectivity index (χ0v) is 7.24. The third-order valence-electron chi connectivity index (χ3n) is 1.51. The third kappa shape index (κ3) is 3.38. The van der Waals surface area contributed by atoms with Crippen molar-refractivity contribution in [2.45, 2.75) is 13.2 Å². The van der Waals surface area contributed by atoms with E-state index in [1.54, 1.807) is 12.1 Å². The highest BCUT2D eigenvalue weighted by Gasteiger charge is 2.03. The van der Waals surface area contributed by atoms with E-state index in [1.807, 2.05) is 0 Å². The van der Waals surface area contributed by atoms with Gasteiger partial charge in [0.05, 0.1) is 0 Å². The van der Waals surface area contributed by atoms with Gasteiger partial charge in [-0.15, -0.1) is 0 Å². The molecule has 0 aliphatic carbocycles. The summed E-state index contributed by atoms with van der Waals surface area (Å²) in [7, 11) is 0. The molecule has 0 spiro atoms. The Balaban J connectivity index is 2.63. The zero-order chi connectivity index (χ0) is 10.4. The largest absolute Gasteiger partial charge is 0.435 e. The minimum absolute atomic E-state index is 0.0881. The van der Waals surface area contributed by atoms with E-state index < -0.39 is 6.61 Å². The SMILES string of the molecule is O=CNCc1cccc(OC(F)F)c1. The van der Waals surface area contributed by atoms with Crippen molar-refractivity contribution in [2.24, 2.45) is 0 Å². The molecule has 1 N–H and O–H groups in total. The molecule has 1 amide bonds. The summed E-state index contributed by atoms with van der Waals surface area (Å²) in [5, 5.41) is 2.42. The molecule has 14 heavy (non-hydrogen) atoms. The predicted octanol–water partition coefficient (Wildman–Crippen LogP) is 1.53. The lowest BCUT2D eigenvalue weighted by atomic mass is 10.2. The van der Waals surface area contributed by atoms with E-state index in [0.29, 0.717) is 18.5 Å². The van der Waals surface area contributed by atoms with Crippen LogP contribution in [0.3, 0.4) is 0 Å². The lowest BCUT2D eigenvalue weighted by Crippen LogP contribution is -2.10. The molecule has 0 saturated heterocycles. The monoisotopic (exact) mass is 201 g/mol. The van der Waals surface area contributed by atoms with Gasteiger partial charge in [-0.05, 0) is 17.7 Å². The van der Waals surface area contributed by atoms with Crippen LogP contribution in [0.2, 0.25) is 0 Å². The van der Waals surface area contributed by atoms with Crippen molar-refractivity contribution in [3.8, 4) is 5.75 Å². The fourth-order valence-corrected chi connectivity index (χ4v) is 0.991. The van der Waals surface area contributed by atoms with Crippen LogP contribution in [0.25, 0.3) is 0 Å². The zero-order valence-electron chi connectivity index (χ0n) is 7.24. The maximum atomic E-state index is 11.8. The van der Waals surface area contributed by atoms with E-state index >= 15 is 0 Å². The van der Waals surface area contributed by atoms with Gasteiger partial charge in [-0.3, -0.25) is 4.79 Å². The number of carbonyl (C=O) groups excluding carboxylic acids is 1. The second-order valence-electron chi connectivity index (χ2n) is 2.52. The van der Waals surface area contributed by atoms with E-state index in [2.05, 4.69) is 10.1 Å². The number of alkyl halides is 2. The van der Waals surface area contributed by atoms with Gasteiger partial charge in [-0.1, -0.05) is 12.1 Å². The summed E-state index contributed by atoms with van der Waals surface area (Å²) >= 11 is 0. The fraction of sp³-hybridized carbons (Fsp3) is 0.222. The highest BCUT2D eigenvalue weighted by molar-refractivity contribution is 5.46. The molecule has 0 heterocycles. The molecule has 0 aliphatic heterocycles. The number of hydrogen-bond acceptors (Lipinski definition) is 2. The first-order valence-electron chi connectivity index (χ1n) is 3.93. The molecule has 76 valence electrons. The van der Waals surface area contributed by atoms with Crippen LogP contribution in [0.4, 0.5) is 8.78 Å². The summed E-state index contributed by atoms with van der Waals surface area (Å²) in [5.74, 6) is 0.0881. The first-order chi connectivity index (χ1) is 6.72. The van der Waals surface area contributed by atoms with Crippen molar-refractivity contribution in [1.82, 2.24) is 5.32 Å². The van der Waals surface area contributed by atoms with E-state index in [-0.39, 0.29) is 5.75 Å². The molecular weight excluding hydrogens is 192 g/mol. The smallest absolute Gasteiger partial charge is 0.387 e. The standard InChI is InChI=1S/C9H9F2NO2/c10-9(11)14-8-3-1-2-7(4-8)5-12-6-13/h1-4,6,9H,5H2,(H,12,13). The topological polar surface area (TPSA) is 38.3 Å². The fourth-order valence-electron chi connectivity index (χ4n) is 0.991. The van der Waals surface area contributed by atoms with Gasteiger partial charge in [0.2, 0.25) is 6.41 Å². The van der Waals surface area contributed by atoms with E-state index in [1.165, 1.54) is 12.1 Å². The highest BCUT2D eigenvalue weighted by atomic mass is 19.3. The maximum absolute atomic E-state index is 11.8. The van der Waals surface area contributed by atoms with Gasteiger partial charge in [0.15, 0.2) is 0 Å². The van der Waals surface area contributed by atoms with Crippen LogP contribution in [0, 0.1) is 0 Å². The van der Waals surface area contributed by atoms with Gasteiger partial charge in [-0.25, -0.2) is 0 Å². The van der Waals surface area contributed by atoms with Crippen LogP contribution in [0.15, 0.2) is 24.3 Å². The van der Waals surface area contributed by atoms with E-state index in [9.17, 15) is 13.6 Å². The molecule has 0 bridgehead atoms. The van der Waals surface area contributed by atoms with Crippen molar-refractivity contribution < 1.29 is 18.3 Å². The molecule has 0 radical (unpaired) electrons. The Kier molecular flexibility index (Phi) is 3.84. The number of rotatable bonds is 5. The van der Waals surface area contributed by atoms with E-state index in [0.717, 1.165) is 0 Å². The third-order valence-corrected chi connectivity index (χ3v) is 1.51. The Bertz CT molecular complexity index is 305. The Labute approximate surface area is 79.7 Å². The molecule has 1 aromatic carbocycles. The number of nitrogens with one attached hydrogen (secondary N) is 1. The van der Waals surface area contributed by atoms with Crippen LogP contribution in [-0.4, -0.2) is 13.0 Å². The molecule has 1 aromatic rings. The van der Waals surface area contributed by atoms with Crippen molar-refractivity contribution in [2.75, 3.05) is 0 Å². The van der Waals surface area contributed by atoms with Crippen molar-refractivity contribution in [1.29, 1.82) is 0 Å². The number of benzene rings is 1. The van der Waals surface area contributed by atoms with E-state index in [4.69, 9.17) is 0 Å². The average Bonchev–Trinajstić information content (AvgIpc) is 2.14. The molecular formula is C9H9F2NO2. The quantitative estimate of drug-likeness (QED) is 0.734. The van der Waals surface area contributed by atoms with Crippen LogP contribution < -0.4 is 10.1 Å². The van der Waals surface area contributed by atoms with Gasteiger partial charge in [0.25, 0.3) is 0 Å². The average molecular weight is 201 g/mol. The molecule has 1 rings (SSSR count). The molecule has 3 nitrogen and oxygen atoms in total. The second kappa shape index (κ2) is 5.16. The van der Waals surface area contributed by atoms with Crippen molar-refractivity contribution in [3.63, 3.8) is 0 Å². The second-order valence-corrected chi connectivity index (χ2v) is 2.52. The molecule has 0 saturated carbocycles. The molecule has 0 unspecified atom stereocenters. The van der Waals surface area contributed by atoms with Crippen LogP contribution >= 0.6 is 0 Å². The lowest BCUT2D eigenvalue weighted by Gasteiger charge is -2.05. The summed E-state index contributed by atoms with van der Waals surface area (Å²) in [4.78, 5) is 9.98. The Hall–Kier alpha value is -1.65. The number of hydrogen-bond donors (Lipinski definition) is 1. The minimum Gasteiger partial charge on any atom is -0.435 e. The number of ether oxygens (including phenoxy) is 1. The van der Waals surface area contributed by atoms with Gasteiger partial charge in [0, 0.05) is 6.54 Å². The Morgan fingerprint density at radius 1 is 1.50 bits per heavy atom. The summed E-state index contributed by atoms with van der Waals surface area (Å²) < 4.78 is 27.8. The molecule has 0 fully saturated rings. The van der Waals surface area contributed by atoms with Gasteiger partial charge in [0.1, 0.15) is 5.75 Å². The van der Waals surface area contributed by atoms with Crippen molar-refractivity contribution in [3.05, 3.63) is 29.8 Å². The Morgan fingerprint density at radius 3 is 2.93 bits per heavy atom. The van der Waals surface area contributed by atoms with Crippen LogP contribution in [0.5, 0.6) is 5.75 Å². The summed E-state index contributed by atoms with van der Waals surface area (Å²) in [5.41, 5.74) is 0.704. The van der Waals surface area contributed by atoms with Gasteiger partial charge < -0.3 is 10.1 Å². The summed E-state index contributed by atoms with van der Waals surface area (Å²) in [6, 6.07) is 6.16. The molecule has 0 atom stereocenters. The summed E-state index contributed by atoms with van der Waals surface area (Å²) in [6.07, 6.45) is 0.542.